The van der Waals surface area contributed by atoms with Crippen molar-refractivity contribution in [2.45, 2.75) is 9.79 Å². The summed E-state index contributed by atoms with van der Waals surface area (Å²) in [6.45, 7) is -0.417. The Morgan fingerprint density at radius 1 is 1.11 bits per heavy atom. The first-order chi connectivity index (χ1) is 13.0. The molecule has 1 heterocycles. The van der Waals surface area contributed by atoms with Crippen molar-refractivity contribution in [3.05, 3.63) is 65.9 Å². The number of hydrogen-bond acceptors (Lipinski definition) is 6. The quantitative estimate of drug-likeness (QED) is 0.628. The zero-order valence-corrected chi connectivity index (χ0v) is 14.9. The normalized spacial score (nSPS) is 13.7. The van der Waals surface area contributed by atoms with Gasteiger partial charge in [0.05, 0.1) is 18.7 Å². The number of aliphatic hydroxyl groups is 1. The Hall–Kier alpha value is -3.10. The SMILES string of the molecule is O=C(O)c1cc(NC2=CC(=O)N(CCO)C2=O)ccc1Sc1ccccc1. The fourth-order valence-corrected chi connectivity index (χ4v) is 3.48. The number of nitrogens with one attached hydrogen (secondary N) is 1. The number of carboxylic acid groups (broad SMARTS) is 1. The lowest BCUT2D eigenvalue weighted by Gasteiger charge is -2.14. The van der Waals surface area contributed by atoms with E-state index in [1.54, 1.807) is 12.1 Å². The van der Waals surface area contributed by atoms with Crippen LogP contribution in [-0.4, -0.2) is 46.0 Å². The summed E-state index contributed by atoms with van der Waals surface area (Å²) in [6.07, 6.45) is 1.13. The minimum atomic E-state index is -1.10. The van der Waals surface area contributed by atoms with E-state index >= 15 is 0 Å². The predicted molar refractivity (Wildman–Crippen MR) is 99.5 cm³/mol. The Kier molecular flexibility index (Phi) is 5.58. The molecule has 0 bridgehead atoms. The molecule has 1 aliphatic heterocycles. The number of carboxylic acids is 1. The van der Waals surface area contributed by atoms with Crippen LogP contribution in [-0.2, 0) is 9.59 Å². The van der Waals surface area contributed by atoms with E-state index in [1.807, 2.05) is 30.3 Å². The van der Waals surface area contributed by atoms with Crippen LogP contribution in [0.5, 0.6) is 0 Å². The largest absolute Gasteiger partial charge is 0.478 e. The molecule has 0 aliphatic carbocycles. The lowest BCUT2D eigenvalue weighted by molar-refractivity contribution is -0.137. The summed E-state index contributed by atoms with van der Waals surface area (Å²) >= 11 is 1.32. The maximum atomic E-state index is 12.2. The second-order valence-corrected chi connectivity index (χ2v) is 6.75. The van der Waals surface area contributed by atoms with E-state index < -0.39 is 17.8 Å². The van der Waals surface area contributed by atoms with Crippen LogP contribution in [0.15, 0.2) is 70.1 Å². The lowest BCUT2D eigenvalue weighted by atomic mass is 10.2. The molecule has 8 heteroatoms. The molecule has 138 valence electrons. The van der Waals surface area contributed by atoms with Gasteiger partial charge >= 0.3 is 5.97 Å². The minimum Gasteiger partial charge on any atom is -0.478 e. The van der Waals surface area contributed by atoms with E-state index in [9.17, 15) is 19.5 Å². The van der Waals surface area contributed by atoms with Gasteiger partial charge in [0.15, 0.2) is 0 Å². The van der Waals surface area contributed by atoms with Gasteiger partial charge in [0.1, 0.15) is 5.70 Å². The van der Waals surface area contributed by atoms with Crippen LogP contribution in [0.1, 0.15) is 10.4 Å². The molecule has 0 aromatic heterocycles. The number of amides is 2. The number of imide groups is 1. The molecule has 7 nitrogen and oxygen atoms in total. The van der Waals surface area contributed by atoms with Crippen molar-refractivity contribution in [1.29, 1.82) is 0 Å². The molecule has 3 rings (SSSR count). The van der Waals surface area contributed by atoms with Crippen molar-refractivity contribution in [1.82, 2.24) is 4.90 Å². The molecule has 0 atom stereocenters. The smallest absolute Gasteiger partial charge is 0.336 e. The summed E-state index contributed by atoms with van der Waals surface area (Å²) in [5, 5.41) is 21.2. The van der Waals surface area contributed by atoms with Gasteiger partial charge in [-0.15, -0.1) is 0 Å². The van der Waals surface area contributed by atoms with Crippen LogP contribution >= 0.6 is 11.8 Å². The Labute approximate surface area is 159 Å². The first kappa shape index (κ1) is 18.7. The van der Waals surface area contributed by atoms with E-state index in [4.69, 9.17) is 5.11 Å². The van der Waals surface area contributed by atoms with Gasteiger partial charge in [-0.05, 0) is 30.3 Å². The maximum absolute atomic E-state index is 12.2. The molecule has 0 saturated carbocycles. The van der Waals surface area contributed by atoms with Crippen LogP contribution in [0.25, 0.3) is 0 Å². The summed E-state index contributed by atoms with van der Waals surface area (Å²) in [5.41, 5.74) is 0.495. The third-order valence-corrected chi connectivity index (χ3v) is 4.88. The second-order valence-electron chi connectivity index (χ2n) is 5.63. The maximum Gasteiger partial charge on any atom is 0.336 e. The highest BCUT2D eigenvalue weighted by molar-refractivity contribution is 7.99. The number of aliphatic hydroxyl groups excluding tert-OH is 1. The average molecular weight is 384 g/mol. The van der Waals surface area contributed by atoms with Gasteiger partial charge in [-0.1, -0.05) is 30.0 Å². The molecule has 2 amide bonds. The van der Waals surface area contributed by atoms with Crippen LogP contribution in [0.4, 0.5) is 5.69 Å². The predicted octanol–water partition coefficient (Wildman–Crippen LogP) is 2.19. The molecule has 27 heavy (non-hydrogen) atoms. The number of anilines is 1. The zero-order chi connectivity index (χ0) is 19.4. The van der Waals surface area contributed by atoms with E-state index in [0.29, 0.717) is 10.6 Å². The van der Waals surface area contributed by atoms with Crippen LogP contribution < -0.4 is 5.32 Å². The minimum absolute atomic E-state index is 0.0354. The molecular formula is C19H16N2O5S. The monoisotopic (exact) mass is 384 g/mol. The molecular weight excluding hydrogens is 368 g/mol. The number of hydrogen-bond donors (Lipinski definition) is 3. The number of nitrogens with zero attached hydrogens (tertiary/aromatic N) is 1. The van der Waals surface area contributed by atoms with Crippen molar-refractivity contribution in [3.63, 3.8) is 0 Å². The summed E-state index contributed by atoms with van der Waals surface area (Å²) in [5.74, 6) is -2.18. The Balaban J connectivity index is 1.83. The fraction of sp³-hybridized carbons (Fsp3) is 0.105. The zero-order valence-electron chi connectivity index (χ0n) is 14.1. The third-order valence-electron chi connectivity index (χ3n) is 3.79. The van der Waals surface area contributed by atoms with Gasteiger partial charge in [0, 0.05) is 21.6 Å². The van der Waals surface area contributed by atoms with Crippen molar-refractivity contribution >= 4 is 35.2 Å². The topological polar surface area (TPSA) is 107 Å². The summed E-state index contributed by atoms with van der Waals surface area (Å²) in [6, 6.07) is 14.1. The van der Waals surface area contributed by atoms with Gasteiger partial charge in [0.2, 0.25) is 0 Å². The van der Waals surface area contributed by atoms with Gasteiger partial charge in [-0.25, -0.2) is 4.79 Å². The summed E-state index contributed by atoms with van der Waals surface area (Å²) in [4.78, 5) is 38.0. The molecule has 1 aliphatic rings. The van der Waals surface area contributed by atoms with Crippen molar-refractivity contribution < 1.29 is 24.6 Å². The number of β-amino-alcohol motifs (C(OH)–C–C–N with tert-alkyl or cyclic N) is 1. The molecule has 3 N–H and O–H groups in total. The van der Waals surface area contributed by atoms with Crippen molar-refractivity contribution in [2.24, 2.45) is 0 Å². The standard InChI is InChI=1S/C19H16N2O5S/c22-9-8-21-17(23)11-15(18(21)24)20-12-6-7-16(14(10-12)19(25)26)27-13-4-2-1-3-5-13/h1-7,10-11,20,22H,8-9H2,(H,25,26). The molecule has 2 aromatic rings. The van der Waals surface area contributed by atoms with Gasteiger partial charge < -0.3 is 15.5 Å². The van der Waals surface area contributed by atoms with E-state index in [0.717, 1.165) is 15.9 Å². The fourth-order valence-electron chi connectivity index (χ4n) is 2.54. The highest BCUT2D eigenvalue weighted by atomic mass is 32.2. The van der Waals surface area contributed by atoms with Crippen LogP contribution in [0.3, 0.4) is 0 Å². The Morgan fingerprint density at radius 3 is 2.52 bits per heavy atom. The Morgan fingerprint density at radius 2 is 1.85 bits per heavy atom. The second kappa shape index (κ2) is 8.07. The number of carbonyl (C=O) groups is 3. The molecule has 2 aromatic carbocycles. The van der Waals surface area contributed by atoms with Crippen molar-refractivity contribution in [3.8, 4) is 0 Å². The summed E-state index contributed by atoms with van der Waals surface area (Å²) < 4.78 is 0. The molecule has 0 radical (unpaired) electrons. The molecule has 0 fully saturated rings. The first-order valence-corrected chi connectivity index (χ1v) is 8.87. The van der Waals surface area contributed by atoms with Gasteiger partial charge in [-0.3, -0.25) is 14.5 Å². The Bertz CT molecular complexity index is 927. The van der Waals surface area contributed by atoms with Gasteiger partial charge in [0.25, 0.3) is 11.8 Å². The molecule has 0 unspecified atom stereocenters. The average Bonchev–Trinajstić information content (AvgIpc) is 2.91. The lowest BCUT2D eigenvalue weighted by Crippen LogP contribution is -2.34. The molecule has 0 saturated heterocycles. The number of aromatic carboxylic acids is 1. The highest BCUT2D eigenvalue weighted by Crippen LogP contribution is 2.32. The number of carbonyl (C=O) groups excluding carboxylic acids is 2. The summed E-state index contributed by atoms with van der Waals surface area (Å²) in [7, 11) is 0. The highest BCUT2D eigenvalue weighted by Gasteiger charge is 2.30. The molecule has 0 spiro atoms. The van der Waals surface area contributed by atoms with E-state index in [1.165, 1.54) is 17.8 Å². The van der Waals surface area contributed by atoms with Crippen molar-refractivity contribution in [2.75, 3.05) is 18.5 Å². The van der Waals surface area contributed by atoms with E-state index in [-0.39, 0.29) is 24.4 Å². The van der Waals surface area contributed by atoms with Crippen LogP contribution in [0, 0.1) is 0 Å². The third kappa shape index (κ3) is 4.18. The van der Waals surface area contributed by atoms with Gasteiger partial charge in [-0.2, -0.15) is 0 Å². The van der Waals surface area contributed by atoms with E-state index in [2.05, 4.69) is 5.32 Å². The number of benzene rings is 2. The van der Waals surface area contributed by atoms with Crippen LogP contribution in [0.2, 0.25) is 0 Å². The first-order valence-electron chi connectivity index (χ1n) is 8.05. The number of rotatable bonds is 7.